The molecule has 152 valence electrons. The van der Waals surface area contributed by atoms with Gasteiger partial charge in [0, 0.05) is 19.6 Å². The van der Waals surface area contributed by atoms with Crippen molar-refractivity contribution in [3.8, 4) is 0 Å². The quantitative estimate of drug-likeness (QED) is 0.732. The molecule has 0 bridgehead atoms. The smallest absolute Gasteiger partial charge is 0.304 e. The molecule has 28 heavy (non-hydrogen) atoms. The van der Waals surface area contributed by atoms with Crippen molar-refractivity contribution in [1.82, 2.24) is 4.90 Å². The number of hydrogen-bond acceptors (Lipinski definition) is 3. The van der Waals surface area contributed by atoms with E-state index in [1.54, 1.807) is 24.3 Å². The van der Waals surface area contributed by atoms with Crippen molar-refractivity contribution in [3.05, 3.63) is 71.3 Å². The van der Waals surface area contributed by atoms with Gasteiger partial charge < -0.3 is 14.7 Å². The number of halogens is 3. The molecule has 1 aliphatic rings. The Morgan fingerprint density at radius 1 is 1.00 bits per heavy atom. The van der Waals surface area contributed by atoms with Gasteiger partial charge in [-0.2, -0.15) is 0 Å². The van der Waals surface area contributed by atoms with Crippen LogP contribution in [0.25, 0.3) is 0 Å². The molecule has 1 fully saturated rings. The SMILES string of the molecule is Cl.O=C(O)CCN1CCC(OC(c2ccc(F)cc2)c2ccc(F)cc2)CC1. The van der Waals surface area contributed by atoms with Crippen molar-refractivity contribution in [3.63, 3.8) is 0 Å². The molecule has 1 heterocycles. The molecular formula is C21H24ClF2NO3. The molecule has 2 aromatic rings. The van der Waals surface area contributed by atoms with E-state index in [9.17, 15) is 13.6 Å². The van der Waals surface area contributed by atoms with Gasteiger partial charge in [-0.1, -0.05) is 24.3 Å². The highest BCUT2D eigenvalue weighted by molar-refractivity contribution is 5.85. The Morgan fingerprint density at radius 2 is 1.46 bits per heavy atom. The predicted octanol–water partition coefficient (Wildman–Crippen LogP) is 4.43. The molecule has 0 atom stereocenters. The molecule has 0 aromatic heterocycles. The normalized spacial score (nSPS) is 15.4. The zero-order valence-electron chi connectivity index (χ0n) is 15.4. The predicted molar refractivity (Wildman–Crippen MR) is 105 cm³/mol. The number of aliphatic carboxylic acids is 1. The van der Waals surface area contributed by atoms with Crippen LogP contribution in [0.4, 0.5) is 8.78 Å². The van der Waals surface area contributed by atoms with Crippen LogP contribution in [0.1, 0.15) is 36.5 Å². The second kappa shape index (κ2) is 10.5. The summed E-state index contributed by atoms with van der Waals surface area (Å²) in [5.74, 6) is -1.42. The van der Waals surface area contributed by atoms with E-state index in [2.05, 4.69) is 4.90 Å². The number of carbonyl (C=O) groups is 1. The Balaban J connectivity index is 0.00000280. The van der Waals surface area contributed by atoms with E-state index in [0.717, 1.165) is 37.1 Å². The molecule has 0 unspecified atom stereocenters. The topological polar surface area (TPSA) is 49.8 Å². The Labute approximate surface area is 169 Å². The summed E-state index contributed by atoms with van der Waals surface area (Å²) < 4.78 is 32.9. The number of nitrogens with zero attached hydrogens (tertiary/aromatic N) is 1. The molecular weight excluding hydrogens is 388 g/mol. The highest BCUT2D eigenvalue weighted by atomic mass is 35.5. The van der Waals surface area contributed by atoms with Crippen LogP contribution in [0.2, 0.25) is 0 Å². The Kier molecular flexibility index (Phi) is 8.35. The summed E-state index contributed by atoms with van der Waals surface area (Å²) in [5, 5.41) is 8.80. The van der Waals surface area contributed by atoms with Gasteiger partial charge in [-0.15, -0.1) is 12.4 Å². The minimum absolute atomic E-state index is 0. The van der Waals surface area contributed by atoms with Crippen LogP contribution in [0.5, 0.6) is 0 Å². The third kappa shape index (κ3) is 6.26. The van der Waals surface area contributed by atoms with Gasteiger partial charge in [0.15, 0.2) is 0 Å². The zero-order chi connectivity index (χ0) is 19.2. The average molecular weight is 412 g/mol. The highest BCUT2D eigenvalue weighted by Gasteiger charge is 2.25. The minimum atomic E-state index is -0.791. The van der Waals surface area contributed by atoms with Gasteiger partial charge in [-0.3, -0.25) is 4.79 Å². The maximum absolute atomic E-state index is 13.3. The first-order chi connectivity index (χ1) is 13.0. The molecule has 4 nitrogen and oxygen atoms in total. The van der Waals surface area contributed by atoms with Crippen LogP contribution in [0.15, 0.2) is 48.5 Å². The minimum Gasteiger partial charge on any atom is -0.481 e. The van der Waals surface area contributed by atoms with Crippen molar-refractivity contribution < 1.29 is 23.4 Å². The number of hydrogen-bond donors (Lipinski definition) is 1. The average Bonchev–Trinajstić information content (AvgIpc) is 2.67. The number of benzene rings is 2. The van der Waals surface area contributed by atoms with Crippen LogP contribution >= 0.6 is 12.4 Å². The van der Waals surface area contributed by atoms with Gasteiger partial charge >= 0.3 is 5.97 Å². The van der Waals surface area contributed by atoms with E-state index in [1.165, 1.54) is 24.3 Å². The van der Waals surface area contributed by atoms with E-state index >= 15 is 0 Å². The lowest BCUT2D eigenvalue weighted by Crippen LogP contribution is -2.38. The number of piperidine rings is 1. The lowest BCUT2D eigenvalue weighted by Gasteiger charge is -2.34. The number of rotatable bonds is 7. The molecule has 1 N–H and O–H groups in total. The fourth-order valence-electron chi connectivity index (χ4n) is 3.34. The van der Waals surface area contributed by atoms with Gasteiger partial charge in [0.25, 0.3) is 0 Å². The summed E-state index contributed by atoms with van der Waals surface area (Å²) in [6.45, 7) is 2.09. The number of ether oxygens (including phenoxy) is 1. The molecule has 0 aliphatic carbocycles. The summed E-state index contributed by atoms with van der Waals surface area (Å²) in [4.78, 5) is 12.8. The first kappa shape index (κ1) is 22.3. The summed E-state index contributed by atoms with van der Waals surface area (Å²) in [5.41, 5.74) is 1.63. The fraction of sp³-hybridized carbons (Fsp3) is 0.381. The second-order valence-corrected chi connectivity index (χ2v) is 6.80. The van der Waals surface area contributed by atoms with Gasteiger partial charge in [0.1, 0.15) is 17.7 Å². The largest absolute Gasteiger partial charge is 0.481 e. The Bertz CT molecular complexity index is 702. The molecule has 0 amide bonds. The molecule has 0 saturated carbocycles. The van der Waals surface area contributed by atoms with E-state index in [-0.39, 0.29) is 36.6 Å². The van der Waals surface area contributed by atoms with Crippen LogP contribution in [0, 0.1) is 11.6 Å². The standard InChI is InChI=1S/C21H23F2NO3.ClH/c22-17-5-1-15(2-6-17)21(16-3-7-18(23)8-4-16)27-19-9-12-24(13-10-19)14-11-20(25)26;/h1-8,19,21H,9-14H2,(H,25,26);1H. The number of carboxylic acids is 1. The van der Waals surface area contributed by atoms with E-state index in [0.29, 0.717) is 6.54 Å². The third-order valence-electron chi connectivity index (χ3n) is 4.85. The van der Waals surface area contributed by atoms with Crippen molar-refractivity contribution >= 4 is 18.4 Å². The first-order valence-electron chi connectivity index (χ1n) is 9.12. The molecule has 1 aliphatic heterocycles. The second-order valence-electron chi connectivity index (χ2n) is 6.80. The molecule has 3 rings (SSSR count). The molecule has 2 aromatic carbocycles. The summed E-state index contributed by atoms with van der Waals surface area (Å²) in [6.07, 6.45) is 1.32. The van der Waals surface area contributed by atoms with Crippen LogP contribution in [0.3, 0.4) is 0 Å². The van der Waals surface area contributed by atoms with Gasteiger partial charge in [0.2, 0.25) is 0 Å². The third-order valence-corrected chi connectivity index (χ3v) is 4.85. The lowest BCUT2D eigenvalue weighted by atomic mass is 10.00. The summed E-state index contributed by atoms with van der Waals surface area (Å²) in [6, 6.07) is 12.3. The van der Waals surface area contributed by atoms with Gasteiger partial charge in [0.05, 0.1) is 12.5 Å². The van der Waals surface area contributed by atoms with Crippen molar-refractivity contribution in [1.29, 1.82) is 0 Å². The van der Waals surface area contributed by atoms with Crippen molar-refractivity contribution in [2.24, 2.45) is 0 Å². The van der Waals surface area contributed by atoms with Crippen molar-refractivity contribution in [2.75, 3.05) is 19.6 Å². The molecule has 0 spiro atoms. The van der Waals surface area contributed by atoms with Gasteiger partial charge in [-0.25, -0.2) is 8.78 Å². The number of likely N-dealkylation sites (tertiary alicyclic amines) is 1. The van der Waals surface area contributed by atoms with Crippen LogP contribution in [-0.4, -0.2) is 41.7 Å². The fourth-order valence-corrected chi connectivity index (χ4v) is 3.34. The zero-order valence-corrected chi connectivity index (χ0v) is 16.2. The van der Waals surface area contributed by atoms with Crippen LogP contribution < -0.4 is 0 Å². The molecule has 1 saturated heterocycles. The molecule has 7 heteroatoms. The first-order valence-corrected chi connectivity index (χ1v) is 9.12. The van der Waals surface area contributed by atoms with E-state index in [1.807, 2.05) is 0 Å². The van der Waals surface area contributed by atoms with E-state index in [4.69, 9.17) is 9.84 Å². The highest BCUT2D eigenvalue weighted by Crippen LogP contribution is 2.30. The Hall–Kier alpha value is -2.02. The van der Waals surface area contributed by atoms with Crippen LogP contribution in [-0.2, 0) is 9.53 Å². The lowest BCUT2D eigenvalue weighted by molar-refractivity contribution is -0.137. The van der Waals surface area contributed by atoms with Gasteiger partial charge in [-0.05, 0) is 48.2 Å². The maximum atomic E-state index is 13.3. The van der Waals surface area contributed by atoms with Crippen molar-refractivity contribution in [2.45, 2.75) is 31.5 Å². The molecule has 0 radical (unpaired) electrons. The Morgan fingerprint density at radius 3 is 1.89 bits per heavy atom. The maximum Gasteiger partial charge on any atom is 0.304 e. The monoisotopic (exact) mass is 411 g/mol. The summed E-state index contributed by atoms with van der Waals surface area (Å²) >= 11 is 0. The van der Waals surface area contributed by atoms with E-state index < -0.39 is 12.1 Å². The summed E-state index contributed by atoms with van der Waals surface area (Å²) in [7, 11) is 0. The number of carboxylic acid groups (broad SMARTS) is 1.